The molecule has 0 spiro atoms. The van der Waals surface area contributed by atoms with Crippen LogP contribution in [-0.4, -0.2) is 16.9 Å². The van der Waals surface area contributed by atoms with Crippen LogP contribution in [-0.2, 0) is 6.42 Å². The number of nitrogens with two attached hydrogens (primary N) is 1. The van der Waals surface area contributed by atoms with Crippen molar-refractivity contribution in [3.05, 3.63) is 34.9 Å². The zero-order valence-electron chi connectivity index (χ0n) is 11.6. The lowest BCUT2D eigenvalue weighted by atomic mass is 10.1. The molecule has 2 rings (SSSR count). The van der Waals surface area contributed by atoms with Crippen molar-refractivity contribution in [3.8, 4) is 11.4 Å². The number of nitrogens with zero attached hydrogens (tertiary/aromatic N) is 2. The maximum Gasteiger partial charge on any atom is 0.151 e. The second-order valence-electron chi connectivity index (χ2n) is 4.46. The lowest BCUT2D eigenvalue weighted by Gasteiger charge is -2.10. The van der Waals surface area contributed by atoms with Gasteiger partial charge in [-0.15, -0.1) is 0 Å². The number of nitrogen functional groups attached to an aromatic ring is 1. The van der Waals surface area contributed by atoms with Crippen LogP contribution in [0.2, 0.25) is 0 Å². The van der Waals surface area contributed by atoms with Gasteiger partial charge in [0, 0.05) is 17.8 Å². The van der Waals surface area contributed by atoms with Crippen molar-refractivity contribution in [1.82, 2.24) is 9.78 Å². The van der Waals surface area contributed by atoms with Gasteiger partial charge in [0.25, 0.3) is 0 Å². The molecule has 1 aromatic heterocycles. The largest absolute Gasteiger partial charge is 0.495 e. The predicted octanol–water partition coefficient (Wildman–Crippen LogP) is 2.78. The lowest BCUT2D eigenvalue weighted by molar-refractivity contribution is 0.415. The highest BCUT2D eigenvalue weighted by Gasteiger charge is 2.16. The number of aryl methyl sites for hydroxylation is 1. The third-order valence-electron chi connectivity index (χ3n) is 3.32. The number of benzene rings is 1. The average Bonchev–Trinajstić information content (AvgIpc) is 2.64. The zero-order chi connectivity index (χ0) is 14.2. The van der Waals surface area contributed by atoms with Crippen molar-refractivity contribution < 1.29 is 9.13 Å². The van der Waals surface area contributed by atoms with E-state index in [1.54, 1.807) is 10.7 Å². The average molecular weight is 263 g/mol. The van der Waals surface area contributed by atoms with Crippen LogP contribution < -0.4 is 10.5 Å². The van der Waals surface area contributed by atoms with Gasteiger partial charge in [0.2, 0.25) is 0 Å². The normalized spacial score (nSPS) is 10.8. The number of hydrogen-bond acceptors (Lipinski definition) is 3. The van der Waals surface area contributed by atoms with Gasteiger partial charge in [0.15, 0.2) is 5.82 Å². The first-order chi connectivity index (χ1) is 8.99. The molecule has 102 valence electrons. The first-order valence-electron chi connectivity index (χ1n) is 6.18. The Bertz CT molecular complexity index is 620. The minimum atomic E-state index is -0.411. The fourth-order valence-corrected chi connectivity index (χ4v) is 2.32. The van der Waals surface area contributed by atoms with Gasteiger partial charge in [-0.2, -0.15) is 5.10 Å². The second kappa shape index (κ2) is 4.91. The van der Waals surface area contributed by atoms with E-state index in [0.717, 1.165) is 23.4 Å². The predicted molar refractivity (Wildman–Crippen MR) is 73.3 cm³/mol. The van der Waals surface area contributed by atoms with Gasteiger partial charge in [0.05, 0.1) is 18.5 Å². The lowest BCUT2D eigenvalue weighted by Crippen LogP contribution is -2.05. The summed E-state index contributed by atoms with van der Waals surface area (Å²) in [4.78, 5) is 0. The Kier molecular flexibility index (Phi) is 3.46. The molecule has 0 bridgehead atoms. The molecule has 0 saturated carbocycles. The highest BCUT2D eigenvalue weighted by Crippen LogP contribution is 2.28. The summed E-state index contributed by atoms with van der Waals surface area (Å²) in [5.74, 6) is 0.0357. The Labute approximate surface area is 112 Å². The van der Waals surface area contributed by atoms with E-state index in [4.69, 9.17) is 10.5 Å². The number of aromatic nitrogens is 2. The minimum absolute atomic E-state index is 0.279. The van der Waals surface area contributed by atoms with Crippen LogP contribution in [0.1, 0.15) is 23.9 Å². The minimum Gasteiger partial charge on any atom is -0.495 e. The fourth-order valence-electron chi connectivity index (χ4n) is 2.32. The topological polar surface area (TPSA) is 53.1 Å². The molecule has 0 aliphatic heterocycles. The Morgan fingerprint density at radius 2 is 2.05 bits per heavy atom. The molecule has 0 radical (unpaired) electrons. The fraction of sp³-hybridized carbons (Fsp3) is 0.357. The van der Waals surface area contributed by atoms with Crippen molar-refractivity contribution in [2.24, 2.45) is 0 Å². The highest BCUT2D eigenvalue weighted by atomic mass is 19.1. The third-order valence-corrected chi connectivity index (χ3v) is 3.32. The summed E-state index contributed by atoms with van der Waals surface area (Å²) in [6, 6.07) is 2.83. The van der Waals surface area contributed by atoms with E-state index >= 15 is 0 Å². The van der Waals surface area contributed by atoms with Crippen LogP contribution in [0.5, 0.6) is 5.75 Å². The molecular weight excluding hydrogens is 245 g/mol. The van der Waals surface area contributed by atoms with Gasteiger partial charge in [-0.3, -0.25) is 0 Å². The molecule has 0 aliphatic rings. The molecule has 5 heteroatoms. The third kappa shape index (κ3) is 2.16. The molecule has 19 heavy (non-hydrogen) atoms. The monoisotopic (exact) mass is 263 g/mol. The summed E-state index contributed by atoms with van der Waals surface area (Å²) in [6.45, 7) is 5.91. The van der Waals surface area contributed by atoms with Crippen molar-refractivity contribution in [1.29, 1.82) is 0 Å². The molecule has 0 amide bonds. The quantitative estimate of drug-likeness (QED) is 0.866. The maximum atomic E-state index is 14.1. The molecule has 0 saturated heterocycles. The molecule has 1 aromatic carbocycles. The Morgan fingerprint density at radius 1 is 1.37 bits per heavy atom. The molecule has 0 aliphatic carbocycles. The number of ether oxygens (including phenoxy) is 1. The molecule has 4 nitrogen and oxygen atoms in total. The Balaban J connectivity index is 2.65. The SMILES string of the molecule is CCc1c(C)nn(-c2cc(OC)c(N)cc2F)c1C. The molecular formula is C14H18FN3O. The van der Waals surface area contributed by atoms with Gasteiger partial charge >= 0.3 is 0 Å². The molecule has 2 N–H and O–H groups in total. The highest BCUT2D eigenvalue weighted by molar-refractivity contribution is 5.58. The van der Waals surface area contributed by atoms with E-state index in [9.17, 15) is 4.39 Å². The summed E-state index contributed by atoms with van der Waals surface area (Å²) in [5.41, 5.74) is 9.30. The van der Waals surface area contributed by atoms with Crippen LogP contribution in [0.3, 0.4) is 0 Å². The zero-order valence-corrected chi connectivity index (χ0v) is 11.6. The van der Waals surface area contributed by atoms with Crippen LogP contribution in [0.15, 0.2) is 12.1 Å². The van der Waals surface area contributed by atoms with Crippen LogP contribution in [0, 0.1) is 19.7 Å². The van der Waals surface area contributed by atoms with E-state index in [-0.39, 0.29) is 5.69 Å². The number of methoxy groups -OCH3 is 1. The van der Waals surface area contributed by atoms with Gasteiger partial charge < -0.3 is 10.5 Å². The molecule has 0 atom stereocenters. The van der Waals surface area contributed by atoms with Crippen LogP contribution in [0.25, 0.3) is 5.69 Å². The molecule has 1 heterocycles. The molecule has 2 aromatic rings. The molecule has 0 unspecified atom stereocenters. The smallest absolute Gasteiger partial charge is 0.151 e. The van der Waals surface area contributed by atoms with E-state index in [1.807, 2.05) is 13.8 Å². The van der Waals surface area contributed by atoms with Crippen molar-refractivity contribution in [3.63, 3.8) is 0 Å². The Morgan fingerprint density at radius 3 is 2.58 bits per heavy atom. The van der Waals surface area contributed by atoms with Crippen LogP contribution >= 0.6 is 0 Å². The Hall–Kier alpha value is -2.04. The van der Waals surface area contributed by atoms with Gasteiger partial charge in [0.1, 0.15) is 11.4 Å². The van der Waals surface area contributed by atoms with Gasteiger partial charge in [-0.25, -0.2) is 9.07 Å². The van der Waals surface area contributed by atoms with E-state index in [1.165, 1.54) is 13.2 Å². The van der Waals surface area contributed by atoms with Crippen molar-refractivity contribution in [2.75, 3.05) is 12.8 Å². The summed E-state index contributed by atoms with van der Waals surface area (Å²) >= 11 is 0. The van der Waals surface area contributed by atoms with Gasteiger partial charge in [-0.1, -0.05) is 6.92 Å². The van der Waals surface area contributed by atoms with Crippen molar-refractivity contribution >= 4 is 5.69 Å². The summed E-state index contributed by atoms with van der Waals surface area (Å²) in [7, 11) is 1.51. The first-order valence-corrected chi connectivity index (χ1v) is 6.18. The number of rotatable bonds is 3. The molecule has 0 fully saturated rings. The van der Waals surface area contributed by atoms with E-state index in [2.05, 4.69) is 12.0 Å². The van der Waals surface area contributed by atoms with Crippen LogP contribution in [0.4, 0.5) is 10.1 Å². The number of halogens is 1. The van der Waals surface area contributed by atoms with Crippen molar-refractivity contribution in [2.45, 2.75) is 27.2 Å². The maximum absolute atomic E-state index is 14.1. The first kappa shape index (κ1) is 13.4. The summed E-state index contributed by atoms with van der Waals surface area (Å²) in [6.07, 6.45) is 0.866. The van der Waals surface area contributed by atoms with E-state index < -0.39 is 5.82 Å². The van der Waals surface area contributed by atoms with E-state index in [0.29, 0.717) is 11.4 Å². The summed E-state index contributed by atoms with van der Waals surface area (Å²) in [5, 5.41) is 4.40. The second-order valence-corrected chi connectivity index (χ2v) is 4.46. The number of hydrogen-bond donors (Lipinski definition) is 1. The summed E-state index contributed by atoms with van der Waals surface area (Å²) < 4.78 is 20.8. The number of anilines is 1. The standard InChI is InChI=1S/C14H18FN3O/c1-5-10-8(2)17-18(9(10)3)13-7-14(19-4)12(16)6-11(13)15/h6-7H,5,16H2,1-4H3. The van der Waals surface area contributed by atoms with Gasteiger partial charge in [-0.05, 0) is 25.8 Å².